The molecule has 1 rings (SSSR count). The van der Waals surface area contributed by atoms with Gasteiger partial charge in [-0.25, -0.2) is 0 Å². The first kappa shape index (κ1) is 15.8. The predicted octanol–water partition coefficient (Wildman–Crippen LogP) is 1.42. The molecule has 0 radical (unpaired) electrons. The maximum atomic E-state index is 11.1. The van der Waals surface area contributed by atoms with E-state index in [1.807, 2.05) is 0 Å². The second kappa shape index (κ2) is 8.04. The molecule has 6 nitrogen and oxygen atoms in total. The highest BCUT2D eigenvalue weighted by atomic mass is 16.5. The Morgan fingerprint density at radius 3 is 2.30 bits per heavy atom. The standard InChI is InChI=1S/C14H19NO5/c1-15-14(17)5-4-6-20-10-7-12(18-2)11(9-16)13(8-10)19-3/h7-9H,4-6H2,1-3H3,(H,15,17). The molecule has 0 bridgehead atoms. The molecule has 6 heteroatoms. The number of carbonyl (C=O) groups excluding carboxylic acids is 2. The highest BCUT2D eigenvalue weighted by Gasteiger charge is 2.12. The summed E-state index contributed by atoms with van der Waals surface area (Å²) >= 11 is 0. The van der Waals surface area contributed by atoms with Crippen LogP contribution in [0.5, 0.6) is 17.2 Å². The van der Waals surface area contributed by atoms with Crippen molar-refractivity contribution in [3.8, 4) is 17.2 Å². The van der Waals surface area contributed by atoms with E-state index in [1.54, 1.807) is 19.2 Å². The first-order chi connectivity index (χ1) is 9.65. The molecule has 1 amide bonds. The van der Waals surface area contributed by atoms with E-state index in [0.29, 0.717) is 48.5 Å². The number of aldehydes is 1. The SMILES string of the molecule is CNC(=O)CCCOc1cc(OC)c(C=O)c(OC)c1. The number of ether oxygens (including phenoxy) is 3. The van der Waals surface area contributed by atoms with Gasteiger partial charge in [-0.2, -0.15) is 0 Å². The van der Waals surface area contributed by atoms with E-state index >= 15 is 0 Å². The van der Waals surface area contributed by atoms with Crippen molar-refractivity contribution in [1.82, 2.24) is 5.32 Å². The largest absolute Gasteiger partial charge is 0.496 e. The van der Waals surface area contributed by atoms with Crippen LogP contribution in [0.15, 0.2) is 12.1 Å². The summed E-state index contributed by atoms with van der Waals surface area (Å²) in [6.07, 6.45) is 1.67. The van der Waals surface area contributed by atoms with E-state index in [-0.39, 0.29) is 5.91 Å². The molecule has 0 aliphatic rings. The van der Waals surface area contributed by atoms with Crippen molar-refractivity contribution in [1.29, 1.82) is 0 Å². The monoisotopic (exact) mass is 281 g/mol. The first-order valence-electron chi connectivity index (χ1n) is 6.20. The van der Waals surface area contributed by atoms with Crippen LogP contribution >= 0.6 is 0 Å². The van der Waals surface area contributed by atoms with Crippen LogP contribution in [0.4, 0.5) is 0 Å². The van der Waals surface area contributed by atoms with Crippen LogP contribution in [-0.4, -0.2) is 40.1 Å². The smallest absolute Gasteiger partial charge is 0.219 e. The van der Waals surface area contributed by atoms with E-state index in [4.69, 9.17) is 14.2 Å². The van der Waals surface area contributed by atoms with Crippen LogP contribution in [0, 0.1) is 0 Å². The van der Waals surface area contributed by atoms with Gasteiger partial charge in [-0.05, 0) is 6.42 Å². The summed E-state index contributed by atoms with van der Waals surface area (Å²) in [6.45, 7) is 0.389. The summed E-state index contributed by atoms with van der Waals surface area (Å²) in [6, 6.07) is 3.23. The summed E-state index contributed by atoms with van der Waals surface area (Å²) in [5.74, 6) is 1.28. The highest BCUT2D eigenvalue weighted by Crippen LogP contribution is 2.32. The minimum atomic E-state index is -0.0277. The fourth-order valence-electron chi connectivity index (χ4n) is 1.66. The number of nitrogens with one attached hydrogen (secondary N) is 1. The summed E-state index contributed by atoms with van der Waals surface area (Å²) in [5, 5.41) is 2.54. The van der Waals surface area contributed by atoms with Crippen LogP contribution in [0.25, 0.3) is 0 Å². The Morgan fingerprint density at radius 1 is 1.25 bits per heavy atom. The molecule has 20 heavy (non-hydrogen) atoms. The van der Waals surface area contributed by atoms with Crippen LogP contribution in [0.3, 0.4) is 0 Å². The zero-order valence-corrected chi connectivity index (χ0v) is 11.9. The quantitative estimate of drug-likeness (QED) is 0.576. The van der Waals surface area contributed by atoms with Gasteiger partial charge in [-0.3, -0.25) is 9.59 Å². The average Bonchev–Trinajstić information content (AvgIpc) is 2.49. The van der Waals surface area contributed by atoms with Crippen molar-refractivity contribution in [2.45, 2.75) is 12.8 Å². The zero-order chi connectivity index (χ0) is 15.0. The summed E-state index contributed by atoms with van der Waals surface area (Å²) in [4.78, 5) is 22.1. The Labute approximate surface area is 118 Å². The lowest BCUT2D eigenvalue weighted by Crippen LogP contribution is -2.18. The van der Waals surface area contributed by atoms with Crippen molar-refractivity contribution in [3.63, 3.8) is 0 Å². The Kier molecular flexibility index (Phi) is 6.36. The molecular formula is C14H19NO5. The Morgan fingerprint density at radius 2 is 1.85 bits per heavy atom. The first-order valence-corrected chi connectivity index (χ1v) is 6.20. The molecule has 0 heterocycles. The molecule has 0 spiro atoms. The van der Waals surface area contributed by atoms with Crippen molar-refractivity contribution < 1.29 is 23.8 Å². The van der Waals surface area contributed by atoms with Gasteiger partial charge in [0.25, 0.3) is 0 Å². The van der Waals surface area contributed by atoms with E-state index in [9.17, 15) is 9.59 Å². The van der Waals surface area contributed by atoms with Gasteiger partial charge in [0.2, 0.25) is 5.91 Å². The number of carbonyl (C=O) groups is 2. The molecule has 0 aliphatic heterocycles. The van der Waals surface area contributed by atoms with Gasteiger partial charge in [-0.15, -0.1) is 0 Å². The number of benzene rings is 1. The van der Waals surface area contributed by atoms with Crippen LogP contribution in [-0.2, 0) is 4.79 Å². The maximum absolute atomic E-state index is 11.1. The predicted molar refractivity (Wildman–Crippen MR) is 73.7 cm³/mol. The maximum Gasteiger partial charge on any atom is 0.219 e. The molecule has 1 aromatic rings. The molecule has 110 valence electrons. The molecule has 0 unspecified atom stereocenters. The van der Waals surface area contributed by atoms with Gasteiger partial charge < -0.3 is 19.5 Å². The van der Waals surface area contributed by atoms with Gasteiger partial charge in [0.05, 0.1) is 26.4 Å². The number of hydrogen-bond acceptors (Lipinski definition) is 5. The van der Waals surface area contributed by atoms with Crippen LogP contribution < -0.4 is 19.5 Å². The number of methoxy groups -OCH3 is 2. The Hall–Kier alpha value is -2.24. The van der Waals surface area contributed by atoms with Crippen molar-refractivity contribution in [3.05, 3.63) is 17.7 Å². The summed E-state index contributed by atoms with van der Waals surface area (Å²) in [7, 11) is 4.53. The van der Waals surface area contributed by atoms with Crippen molar-refractivity contribution >= 4 is 12.2 Å². The second-order valence-corrected chi connectivity index (χ2v) is 3.98. The fourth-order valence-corrected chi connectivity index (χ4v) is 1.66. The molecule has 0 aliphatic carbocycles. The lowest BCUT2D eigenvalue weighted by molar-refractivity contribution is -0.120. The van der Waals surface area contributed by atoms with Crippen LogP contribution in [0.2, 0.25) is 0 Å². The summed E-state index contributed by atoms with van der Waals surface area (Å²) in [5.41, 5.74) is 0.340. The molecule has 0 atom stereocenters. The number of amides is 1. The number of rotatable bonds is 8. The fraction of sp³-hybridized carbons (Fsp3) is 0.429. The minimum Gasteiger partial charge on any atom is -0.496 e. The number of hydrogen-bond donors (Lipinski definition) is 1. The van der Waals surface area contributed by atoms with Crippen LogP contribution in [0.1, 0.15) is 23.2 Å². The average molecular weight is 281 g/mol. The molecule has 0 saturated heterocycles. The topological polar surface area (TPSA) is 73.9 Å². The normalized spacial score (nSPS) is 9.75. The van der Waals surface area contributed by atoms with Crippen molar-refractivity contribution in [2.75, 3.05) is 27.9 Å². The summed E-state index contributed by atoms with van der Waals surface area (Å²) < 4.78 is 15.8. The minimum absolute atomic E-state index is 0.0277. The van der Waals surface area contributed by atoms with Crippen molar-refractivity contribution in [2.24, 2.45) is 0 Å². The second-order valence-electron chi connectivity index (χ2n) is 3.98. The molecular weight excluding hydrogens is 262 g/mol. The van der Waals surface area contributed by atoms with E-state index in [0.717, 1.165) is 0 Å². The van der Waals surface area contributed by atoms with Gasteiger partial charge in [0.1, 0.15) is 17.2 Å². The van der Waals surface area contributed by atoms with E-state index in [1.165, 1.54) is 14.2 Å². The molecule has 0 aromatic heterocycles. The Balaban J connectivity index is 2.71. The van der Waals surface area contributed by atoms with Gasteiger partial charge in [0.15, 0.2) is 6.29 Å². The van der Waals surface area contributed by atoms with E-state index in [2.05, 4.69) is 5.32 Å². The highest BCUT2D eigenvalue weighted by molar-refractivity contribution is 5.84. The van der Waals surface area contributed by atoms with Gasteiger partial charge in [-0.1, -0.05) is 0 Å². The third kappa shape index (κ3) is 4.15. The third-order valence-electron chi connectivity index (χ3n) is 2.73. The molecule has 1 N–H and O–H groups in total. The third-order valence-corrected chi connectivity index (χ3v) is 2.73. The molecule has 0 saturated carbocycles. The zero-order valence-electron chi connectivity index (χ0n) is 11.9. The lowest BCUT2D eigenvalue weighted by atomic mass is 10.2. The van der Waals surface area contributed by atoms with Gasteiger partial charge >= 0.3 is 0 Å². The van der Waals surface area contributed by atoms with E-state index < -0.39 is 0 Å². The molecule has 1 aromatic carbocycles. The Bertz CT molecular complexity index is 448. The lowest BCUT2D eigenvalue weighted by Gasteiger charge is -2.12. The van der Waals surface area contributed by atoms with Gasteiger partial charge in [0, 0.05) is 25.6 Å². The molecule has 0 fully saturated rings.